The monoisotopic (exact) mass is 261 g/mol. The predicted octanol–water partition coefficient (Wildman–Crippen LogP) is 3.19. The Morgan fingerprint density at radius 1 is 1.28 bits per heavy atom. The lowest BCUT2D eigenvalue weighted by atomic mass is 10.3. The first-order valence-corrected chi connectivity index (χ1v) is 7.20. The van der Waals surface area contributed by atoms with Gasteiger partial charge in [-0.2, -0.15) is 0 Å². The molecule has 2 aromatic rings. The van der Waals surface area contributed by atoms with E-state index >= 15 is 0 Å². The number of aromatic nitrogens is 1. The van der Waals surface area contributed by atoms with Crippen LogP contribution in [0.25, 0.3) is 0 Å². The molecule has 0 aliphatic heterocycles. The van der Waals surface area contributed by atoms with Crippen molar-refractivity contribution in [2.75, 3.05) is 18.0 Å². The van der Waals surface area contributed by atoms with Gasteiger partial charge in [-0.1, -0.05) is 25.1 Å². The van der Waals surface area contributed by atoms with Gasteiger partial charge in [0, 0.05) is 17.6 Å². The van der Waals surface area contributed by atoms with E-state index in [1.54, 1.807) is 11.3 Å². The fourth-order valence-corrected chi connectivity index (χ4v) is 2.73. The van der Waals surface area contributed by atoms with Gasteiger partial charge in [0.2, 0.25) is 0 Å². The van der Waals surface area contributed by atoms with Crippen molar-refractivity contribution in [2.45, 2.75) is 19.8 Å². The Kier molecular flexibility index (Phi) is 4.73. The number of thiazole rings is 1. The summed E-state index contributed by atoms with van der Waals surface area (Å²) in [6.45, 7) is 3.75. The average Bonchev–Trinajstić information content (AvgIpc) is 2.89. The third-order valence-corrected chi connectivity index (χ3v) is 3.70. The maximum Gasteiger partial charge on any atom is 0.190 e. The summed E-state index contributed by atoms with van der Waals surface area (Å²) < 4.78 is 0. The quantitative estimate of drug-likeness (QED) is 0.868. The van der Waals surface area contributed by atoms with Gasteiger partial charge in [-0.25, -0.2) is 4.98 Å². The molecule has 1 aromatic carbocycles. The number of aryl methyl sites for hydroxylation is 1. The zero-order chi connectivity index (χ0) is 12.8. The molecular weight excluding hydrogens is 242 g/mol. The Morgan fingerprint density at radius 3 is 2.67 bits per heavy atom. The van der Waals surface area contributed by atoms with Crippen LogP contribution in [0.3, 0.4) is 0 Å². The van der Waals surface area contributed by atoms with Gasteiger partial charge >= 0.3 is 0 Å². The molecule has 0 atom stereocenters. The molecule has 1 heterocycles. The van der Waals surface area contributed by atoms with Crippen LogP contribution in [0.2, 0.25) is 0 Å². The van der Waals surface area contributed by atoms with Gasteiger partial charge in [-0.15, -0.1) is 11.3 Å². The Balaban J connectivity index is 2.24. The first-order valence-electron chi connectivity index (χ1n) is 6.32. The third-order valence-electron chi connectivity index (χ3n) is 2.79. The highest BCUT2D eigenvalue weighted by molar-refractivity contribution is 7.13. The van der Waals surface area contributed by atoms with Crippen LogP contribution in [0.5, 0.6) is 0 Å². The second-order valence-electron chi connectivity index (χ2n) is 4.10. The highest BCUT2D eigenvalue weighted by Gasteiger charge is 2.12. The zero-order valence-electron chi connectivity index (χ0n) is 10.7. The molecular formula is C14H19N3S. The topological polar surface area (TPSA) is 42.1 Å². The number of hydrogen-bond acceptors (Lipinski definition) is 4. The van der Waals surface area contributed by atoms with Gasteiger partial charge in [0.05, 0.1) is 5.69 Å². The molecule has 0 fully saturated rings. The molecule has 0 saturated heterocycles. The van der Waals surface area contributed by atoms with Crippen LogP contribution < -0.4 is 10.6 Å². The maximum atomic E-state index is 5.62. The lowest BCUT2D eigenvalue weighted by molar-refractivity contribution is 0.814. The van der Waals surface area contributed by atoms with Gasteiger partial charge in [0.25, 0.3) is 0 Å². The summed E-state index contributed by atoms with van der Waals surface area (Å²) in [6, 6.07) is 10.4. The van der Waals surface area contributed by atoms with Gasteiger partial charge in [-0.3, -0.25) is 0 Å². The van der Waals surface area contributed by atoms with Crippen molar-refractivity contribution in [3.05, 3.63) is 41.4 Å². The van der Waals surface area contributed by atoms with Gasteiger partial charge in [-0.05, 0) is 31.5 Å². The molecule has 2 rings (SSSR count). The van der Waals surface area contributed by atoms with Crippen LogP contribution >= 0.6 is 11.3 Å². The summed E-state index contributed by atoms with van der Waals surface area (Å²) >= 11 is 1.70. The van der Waals surface area contributed by atoms with Crippen molar-refractivity contribution in [2.24, 2.45) is 5.73 Å². The number of anilines is 2. The first kappa shape index (κ1) is 13.1. The molecule has 0 amide bonds. The second-order valence-corrected chi connectivity index (χ2v) is 4.94. The largest absolute Gasteiger partial charge is 0.330 e. The smallest absolute Gasteiger partial charge is 0.190 e. The Labute approximate surface area is 112 Å². The highest BCUT2D eigenvalue weighted by Crippen LogP contribution is 2.28. The van der Waals surface area contributed by atoms with Crippen LogP contribution in [0.1, 0.15) is 19.0 Å². The summed E-state index contributed by atoms with van der Waals surface area (Å²) in [6.07, 6.45) is 1.95. The summed E-state index contributed by atoms with van der Waals surface area (Å²) in [4.78, 5) is 6.91. The lowest BCUT2D eigenvalue weighted by Crippen LogP contribution is -2.20. The van der Waals surface area contributed by atoms with Crippen LogP contribution in [0.4, 0.5) is 10.8 Å². The molecule has 1 aromatic heterocycles. The van der Waals surface area contributed by atoms with E-state index in [1.165, 1.54) is 5.69 Å². The first-order chi connectivity index (χ1) is 8.85. The number of nitrogens with zero attached hydrogens (tertiary/aromatic N) is 2. The van der Waals surface area contributed by atoms with Gasteiger partial charge < -0.3 is 10.6 Å². The number of para-hydroxylation sites is 1. The van der Waals surface area contributed by atoms with Gasteiger partial charge in [0.15, 0.2) is 5.13 Å². The minimum atomic E-state index is 0.704. The van der Waals surface area contributed by atoms with E-state index in [4.69, 9.17) is 5.73 Å². The fraction of sp³-hybridized carbons (Fsp3) is 0.357. The molecule has 0 aliphatic carbocycles. The summed E-state index contributed by atoms with van der Waals surface area (Å²) in [5.74, 6) is 0. The second kappa shape index (κ2) is 6.52. The molecule has 96 valence electrons. The number of rotatable bonds is 6. The SMILES string of the molecule is CCc1csc(N(CCCN)c2ccccc2)n1. The normalized spacial score (nSPS) is 10.6. The molecule has 0 aliphatic rings. The van der Waals surface area contributed by atoms with Crippen molar-refractivity contribution < 1.29 is 0 Å². The van der Waals surface area contributed by atoms with Crippen molar-refractivity contribution in [1.82, 2.24) is 4.98 Å². The van der Waals surface area contributed by atoms with E-state index in [2.05, 4.69) is 46.5 Å². The van der Waals surface area contributed by atoms with E-state index in [-0.39, 0.29) is 0 Å². The number of hydrogen-bond donors (Lipinski definition) is 1. The van der Waals surface area contributed by atoms with Crippen molar-refractivity contribution >= 4 is 22.2 Å². The van der Waals surface area contributed by atoms with E-state index < -0.39 is 0 Å². The molecule has 18 heavy (non-hydrogen) atoms. The van der Waals surface area contributed by atoms with Crippen molar-refractivity contribution in [3.63, 3.8) is 0 Å². The molecule has 3 nitrogen and oxygen atoms in total. The Morgan fingerprint density at radius 2 is 2.06 bits per heavy atom. The van der Waals surface area contributed by atoms with E-state index in [9.17, 15) is 0 Å². The fourth-order valence-electron chi connectivity index (χ4n) is 1.78. The average molecular weight is 261 g/mol. The van der Waals surface area contributed by atoms with E-state index in [0.29, 0.717) is 6.54 Å². The number of nitrogens with two attached hydrogens (primary N) is 1. The van der Waals surface area contributed by atoms with E-state index in [1.807, 2.05) is 6.07 Å². The minimum Gasteiger partial charge on any atom is -0.330 e. The standard InChI is InChI=1S/C14H19N3S/c1-2-12-11-18-14(16-12)17(10-6-9-15)13-7-4-3-5-8-13/h3-5,7-8,11H,2,6,9-10,15H2,1H3. The third kappa shape index (κ3) is 3.09. The predicted molar refractivity (Wildman–Crippen MR) is 78.6 cm³/mol. The lowest BCUT2D eigenvalue weighted by Gasteiger charge is -2.21. The van der Waals surface area contributed by atoms with Crippen LogP contribution in [0, 0.1) is 0 Å². The summed E-state index contributed by atoms with van der Waals surface area (Å²) in [5.41, 5.74) is 7.96. The molecule has 4 heteroatoms. The maximum absolute atomic E-state index is 5.62. The van der Waals surface area contributed by atoms with Crippen LogP contribution in [-0.4, -0.2) is 18.1 Å². The molecule has 0 saturated carbocycles. The summed E-state index contributed by atoms with van der Waals surface area (Å²) in [5, 5.41) is 3.19. The van der Waals surface area contributed by atoms with Crippen LogP contribution in [0.15, 0.2) is 35.7 Å². The van der Waals surface area contributed by atoms with Crippen molar-refractivity contribution in [3.8, 4) is 0 Å². The molecule has 0 bridgehead atoms. The zero-order valence-corrected chi connectivity index (χ0v) is 11.5. The minimum absolute atomic E-state index is 0.704. The molecule has 2 N–H and O–H groups in total. The van der Waals surface area contributed by atoms with E-state index in [0.717, 1.165) is 30.2 Å². The summed E-state index contributed by atoms with van der Waals surface area (Å²) in [7, 11) is 0. The highest BCUT2D eigenvalue weighted by atomic mass is 32.1. The Hall–Kier alpha value is -1.39. The van der Waals surface area contributed by atoms with Gasteiger partial charge in [0.1, 0.15) is 0 Å². The van der Waals surface area contributed by atoms with Crippen LogP contribution in [-0.2, 0) is 6.42 Å². The Bertz CT molecular complexity index is 467. The molecule has 0 radical (unpaired) electrons. The molecule has 0 unspecified atom stereocenters. The number of benzene rings is 1. The van der Waals surface area contributed by atoms with Crippen molar-refractivity contribution in [1.29, 1.82) is 0 Å². The molecule has 0 spiro atoms.